The monoisotopic (exact) mass is 352 g/mol. The van der Waals surface area contributed by atoms with E-state index in [0.29, 0.717) is 25.6 Å². The minimum atomic E-state index is -3.63. The predicted molar refractivity (Wildman–Crippen MR) is 91.5 cm³/mol. The van der Waals surface area contributed by atoms with Crippen molar-refractivity contribution in [1.29, 1.82) is 0 Å². The second kappa shape index (κ2) is 6.68. The topological polar surface area (TPSA) is 76.7 Å². The molecule has 0 radical (unpaired) electrons. The molecule has 1 saturated heterocycles. The molecule has 3 heterocycles. The Hall–Kier alpha value is -1.67. The van der Waals surface area contributed by atoms with Crippen molar-refractivity contribution >= 4 is 15.7 Å². The minimum Gasteiger partial charge on any atom is -0.249 e. The summed E-state index contributed by atoms with van der Waals surface area (Å²) in [6, 6.07) is 3.14. The fraction of sp³-hybridized carbons (Fsp3) is 0.625. The number of piperidine rings is 1. The first-order chi connectivity index (χ1) is 11.4. The Bertz CT molecular complexity index is 876. The van der Waals surface area contributed by atoms with Crippen LogP contribution in [-0.4, -0.2) is 40.0 Å². The number of aromatic nitrogens is 3. The molecule has 8 heteroatoms. The van der Waals surface area contributed by atoms with Crippen LogP contribution < -0.4 is 5.69 Å². The lowest BCUT2D eigenvalue weighted by molar-refractivity contribution is 0.347. The molecule has 24 heavy (non-hydrogen) atoms. The van der Waals surface area contributed by atoms with Crippen LogP contribution in [0.4, 0.5) is 0 Å². The van der Waals surface area contributed by atoms with Gasteiger partial charge in [-0.15, -0.1) is 5.10 Å². The molecule has 0 aromatic carbocycles. The normalized spacial score (nSPS) is 17.0. The van der Waals surface area contributed by atoms with Gasteiger partial charge >= 0.3 is 5.69 Å². The van der Waals surface area contributed by atoms with Crippen LogP contribution in [0.25, 0.3) is 5.65 Å². The Morgan fingerprint density at radius 3 is 2.58 bits per heavy atom. The average Bonchev–Trinajstić information content (AvgIpc) is 2.90. The Morgan fingerprint density at radius 1 is 1.21 bits per heavy atom. The van der Waals surface area contributed by atoms with Gasteiger partial charge in [0.2, 0.25) is 10.0 Å². The quantitative estimate of drug-likeness (QED) is 0.821. The van der Waals surface area contributed by atoms with Crippen molar-refractivity contribution in [1.82, 2.24) is 18.5 Å². The average molecular weight is 352 g/mol. The summed E-state index contributed by atoms with van der Waals surface area (Å²) in [4.78, 5) is 12.6. The number of sulfonamides is 1. The molecule has 132 valence electrons. The Balaban J connectivity index is 2.05. The fourth-order valence-corrected chi connectivity index (χ4v) is 4.62. The van der Waals surface area contributed by atoms with Gasteiger partial charge < -0.3 is 0 Å². The van der Waals surface area contributed by atoms with Crippen molar-refractivity contribution in [2.75, 3.05) is 13.1 Å². The SMILES string of the molecule is CC(C)CCn1nc2c(S(=O)(=O)N3CCCCC3)cccn2c1=O. The maximum absolute atomic E-state index is 12.9. The predicted octanol–water partition coefficient (Wildman–Crippen LogP) is 1.72. The zero-order valence-electron chi connectivity index (χ0n) is 14.2. The molecule has 0 saturated carbocycles. The standard InChI is InChI=1S/C16H24N4O3S/c1-13(2)8-12-20-16(21)19-11-6-7-14(15(19)17-20)24(22,23)18-9-4-3-5-10-18/h6-7,11,13H,3-5,8-10,12H2,1-2H3. The minimum absolute atomic E-state index is 0.118. The van der Waals surface area contributed by atoms with E-state index in [1.807, 2.05) is 0 Å². The van der Waals surface area contributed by atoms with Gasteiger partial charge in [-0.2, -0.15) is 4.31 Å². The zero-order chi connectivity index (χ0) is 17.3. The molecule has 0 bridgehead atoms. The summed E-state index contributed by atoms with van der Waals surface area (Å²) in [5, 5.41) is 4.31. The largest absolute Gasteiger partial charge is 0.350 e. The number of hydrogen-bond donors (Lipinski definition) is 0. The third-order valence-electron chi connectivity index (χ3n) is 4.42. The van der Waals surface area contributed by atoms with Crippen LogP contribution in [0.15, 0.2) is 28.0 Å². The molecule has 7 nitrogen and oxygen atoms in total. The fourth-order valence-electron chi connectivity index (χ4n) is 2.99. The summed E-state index contributed by atoms with van der Waals surface area (Å²) >= 11 is 0. The van der Waals surface area contributed by atoms with Gasteiger partial charge in [-0.1, -0.05) is 20.3 Å². The van der Waals surface area contributed by atoms with E-state index in [9.17, 15) is 13.2 Å². The van der Waals surface area contributed by atoms with Gasteiger partial charge in [0.25, 0.3) is 0 Å². The molecule has 0 N–H and O–H groups in total. The van der Waals surface area contributed by atoms with Crippen molar-refractivity contribution in [3.05, 3.63) is 28.8 Å². The molecule has 0 spiro atoms. The molecule has 2 aromatic heterocycles. The van der Waals surface area contributed by atoms with E-state index in [-0.39, 0.29) is 16.2 Å². The zero-order valence-corrected chi connectivity index (χ0v) is 15.0. The van der Waals surface area contributed by atoms with Crippen LogP contribution in [0, 0.1) is 5.92 Å². The van der Waals surface area contributed by atoms with Gasteiger partial charge in [0.1, 0.15) is 4.90 Å². The summed E-state index contributed by atoms with van der Waals surface area (Å²) < 4.78 is 30.1. The third kappa shape index (κ3) is 3.12. The van der Waals surface area contributed by atoms with E-state index in [1.165, 1.54) is 13.4 Å². The van der Waals surface area contributed by atoms with Crippen LogP contribution in [-0.2, 0) is 16.6 Å². The lowest BCUT2D eigenvalue weighted by Gasteiger charge is -2.25. The van der Waals surface area contributed by atoms with Crippen molar-refractivity contribution in [3.8, 4) is 0 Å². The highest BCUT2D eigenvalue weighted by molar-refractivity contribution is 7.89. The Kier molecular flexibility index (Phi) is 4.78. The molecule has 0 aliphatic carbocycles. The van der Waals surface area contributed by atoms with Gasteiger partial charge in [-0.25, -0.2) is 22.3 Å². The number of aryl methyl sites for hydroxylation is 1. The highest BCUT2D eigenvalue weighted by Crippen LogP contribution is 2.22. The number of hydrogen-bond acceptors (Lipinski definition) is 4. The molecule has 1 fully saturated rings. The number of pyridine rings is 1. The molecular formula is C16H24N4O3S. The van der Waals surface area contributed by atoms with Crippen LogP contribution in [0.5, 0.6) is 0 Å². The van der Waals surface area contributed by atoms with Gasteiger partial charge in [0, 0.05) is 25.8 Å². The maximum Gasteiger partial charge on any atom is 0.350 e. The number of rotatable bonds is 5. The second-order valence-corrected chi connectivity index (χ2v) is 8.63. The van der Waals surface area contributed by atoms with E-state index >= 15 is 0 Å². The number of fused-ring (bicyclic) bond motifs is 1. The summed E-state index contributed by atoms with van der Waals surface area (Å²) in [5.41, 5.74) is -0.0711. The highest BCUT2D eigenvalue weighted by Gasteiger charge is 2.29. The summed E-state index contributed by atoms with van der Waals surface area (Å²) in [6.07, 6.45) is 5.19. The van der Waals surface area contributed by atoms with Crippen molar-refractivity contribution in [3.63, 3.8) is 0 Å². The van der Waals surface area contributed by atoms with Crippen LogP contribution in [0.3, 0.4) is 0 Å². The molecule has 0 amide bonds. The van der Waals surface area contributed by atoms with Crippen molar-refractivity contribution in [2.45, 2.75) is 51.0 Å². The summed E-state index contributed by atoms with van der Waals surface area (Å²) in [7, 11) is -3.63. The van der Waals surface area contributed by atoms with E-state index in [0.717, 1.165) is 25.7 Å². The maximum atomic E-state index is 12.9. The molecule has 1 aliphatic rings. The molecular weight excluding hydrogens is 328 g/mol. The van der Waals surface area contributed by atoms with Gasteiger partial charge in [0.15, 0.2) is 5.65 Å². The smallest absolute Gasteiger partial charge is 0.249 e. The van der Waals surface area contributed by atoms with E-state index in [2.05, 4.69) is 18.9 Å². The molecule has 3 rings (SSSR count). The second-order valence-electron chi connectivity index (χ2n) is 6.72. The van der Waals surface area contributed by atoms with Gasteiger partial charge in [-0.3, -0.25) is 0 Å². The first-order valence-electron chi connectivity index (χ1n) is 8.49. The summed E-state index contributed by atoms with van der Waals surface area (Å²) in [6.45, 7) is 5.70. The van der Waals surface area contributed by atoms with Gasteiger partial charge in [-0.05, 0) is 37.3 Å². The van der Waals surface area contributed by atoms with E-state index < -0.39 is 10.0 Å². The molecule has 0 atom stereocenters. The third-order valence-corrected chi connectivity index (χ3v) is 6.34. The number of nitrogens with zero attached hydrogens (tertiary/aromatic N) is 4. The summed E-state index contributed by atoms with van der Waals surface area (Å²) in [5.74, 6) is 0.443. The van der Waals surface area contributed by atoms with E-state index in [1.54, 1.807) is 18.3 Å². The van der Waals surface area contributed by atoms with Crippen molar-refractivity contribution in [2.24, 2.45) is 5.92 Å². The first-order valence-corrected chi connectivity index (χ1v) is 9.93. The molecule has 2 aromatic rings. The lowest BCUT2D eigenvalue weighted by atomic mass is 10.1. The van der Waals surface area contributed by atoms with Crippen molar-refractivity contribution < 1.29 is 8.42 Å². The van der Waals surface area contributed by atoms with E-state index in [4.69, 9.17) is 0 Å². The van der Waals surface area contributed by atoms with Gasteiger partial charge in [0.05, 0.1) is 0 Å². The Labute approximate surface area is 141 Å². The first kappa shape index (κ1) is 17.2. The lowest BCUT2D eigenvalue weighted by Crippen LogP contribution is -2.35. The van der Waals surface area contributed by atoms with Crippen LogP contribution in [0.1, 0.15) is 39.5 Å². The molecule has 1 aliphatic heterocycles. The van der Waals surface area contributed by atoms with Crippen LogP contribution in [0.2, 0.25) is 0 Å². The van der Waals surface area contributed by atoms with Crippen LogP contribution >= 0.6 is 0 Å². The Morgan fingerprint density at radius 2 is 1.92 bits per heavy atom. The highest BCUT2D eigenvalue weighted by atomic mass is 32.2. The molecule has 0 unspecified atom stereocenters.